The van der Waals surface area contributed by atoms with Gasteiger partial charge in [-0.05, 0) is 60.5 Å². The number of benzene rings is 3. The highest BCUT2D eigenvalue weighted by Crippen LogP contribution is 2.46. The van der Waals surface area contributed by atoms with Gasteiger partial charge >= 0.3 is 12.2 Å². The van der Waals surface area contributed by atoms with E-state index in [0.29, 0.717) is 15.6 Å². The normalized spacial score (nSPS) is 17.2. The number of amides is 2. The first-order valence-corrected chi connectivity index (χ1v) is 12.9. The summed E-state index contributed by atoms with van der Waals surface area (Å²) in [5.74, 6) is 0.0853. The zero-order chi connectivity index (χ0) is 28.3. The molecule has 3 aromatic rings. The second-order valence-corrected chi connectivity index (χ2v) is 9.76. The third-order valence-corrected chi connectivity index (χ3v) is 6.81. The van der Waals surface area contributed by atoms with Crippen molar-refractivity contribution in [2.75, 3.05) is 26.8 Å². The van der Waals surface area contributed by atoms with Gasteiger partial charge in [0.25, 0.3) is 0 Å². The Bertz CT molecular complexity index is 1350. The van der Waals surface area contributed by atoms with Crippen LogP contribution in [0.4, 0.5) is 18.0 Å². The van der Waals surface area contributed by atoms with Gasteiger partial charge in [0.1, 0.15) is 17.6 Å². The van der Waals surface area contributed by atoms with Crippen molar-refractivity contribution in [3.63, 3.8) is 0 Å². The van der Waals surface area contributed by atoms with Gasteiger partial charge in [-0.1, -0.05) is 47.5 Å². The minimum Gasteiger partial charge on any atom is -0.493 e. The minimum absolute atomic E-state index is 0.0346. The molecule has 0 bridgehead atoms. The monoisotopic (exact) mass is 579 g/mol. The number of ether oxygens (including phenoxy) is 1. The molecule has 11 heteroatoms. The highest BCUT2D eigenvalue weighted by atomic mass is 35.5. The van der Waals surface area contributed by atoms with Gasteiger partial charge in [0.05, 0.1) is 30.4 Å². The Morgan fingerprint density at radius 3 is 2.15 bits per heavy atom. The van der Waals surface area contributed by atoms with Gasteiger partial charge in [0.2, 0.25) is 0 Å². The number of alkyl halides is 3. The predicted molar refractivity (Wildman–Crippen MR) is 144 cm³/mol. The Kier molecular flexibility index (Phi) is 8.73. The molecule has 4 rings (SSSR count). The average Bonchev–Trinajstić information content (AvgIpc) is 3.29. The first kappa shape index (κ1) is 28.7. The van der Waals surface area contributed by atoms with Crippen molar-refractivity contribution >= 4 is 35.1 Å². The smallest absolute Gasteiger partial charge is 0.416 e. The lowest BCUT2D eigenvalue weighted by Gasteiger charge is -2.33. The topological polar surface area (TPSA) is 65.4 Å². The fourth-order valence-electron chi connectivity index (χ4n) is 4.44. The van der Waals surface area contributed by atoms with Crippen LogP contribution in [0.25, 0.3) is 0 Å². The first-order valence-electron chi connectivity index (χ1n) is 12.1. The van der Waals surface area contributed by atoms with Crippen molar-refractivity contribution in [3.8, 4) is 5.75 Å². The summed E-state index contributed by atoms with van der Waals surface area (Å²) in [4.78, 5) is 21.6. The van der Waals surface area contributed by atoms with E-state index in [2.05, 4.69) is 0 Å². The number of hydrogen-bond acceptors (Lipinski definition) is 4. The van der Waals surface area contributed by atoms with E-state index in [1.54, 1.807) is 55.5 Å². The van der Waals surface area contributed by atoms with Gasteiger partial charge < -0.3 is 14.7 Å². The molecular formula is C28H26Cl2F3N3O3. The van der Waals surface area contributed by atoms with Crippen molar-refractivity contribution in [1.82, 2.24) is 9.80 Å². The van der Waals surface area contributed by atoms with Crippen LogP contribution >= 0.6 is 23.2 Å². The number of nitrogens with zero attached hydrogens (tertiary/aromatic N) is 3. The van der Waals surface area contributed by atoms with Crippen molar-refractivity contribution < 1.29 is 27.8 Å². The van der Waals surface area contributed by atoms with Gasteiger partial charge in [-0.15, -0.1) is 0 Å². The van der Waals surface area contributed by atoms with E-state index in [1.165, 1.54) is 22.9 Å². The Hall–Kier alpha value is -3.27. The zero-order valence-electron chi connectivity index (χ0n) is 21.1. The molecule has 1 heterocycles. The summed E-state index contributed by atoms with van der Waals surface area (Å²) in [6.45, 7) is 1.51. The summed E-state index contributed by atoms with van der Waals surface area (Å²) in [6, 6.07) is 15.2. The molecule has 0 saturated carbocycles. The van der Waals surface area contributed by atoms with Gasteiger partial charge in [-0.3, -0.25) is 9.89 Å². The Morgan fingerprint density at radius 2 is 1.62 bits per heavy atom. The number of halogens is 5. The molecule has 1 N–H and O–H groups in total. The average molecular weight is 580 g/mol. The maximum absolute atomic E-state index is 13.9. The van der Waals surface area contributed by atoms with Crippen LogP contribution in [0.3, 0.4) is 0 Å². The van der Waals surface area contributed by atoms with Gasteiger partial charge in [-0.25, -0.2) is 4.79 Å². The Labute approximate surface area is 234 Å². The number of aliphatic hydroxyl groups excluding tert-OH is 1. The maximum Gasteiger partial charge on any atom is 0.416 e. The lowest BCUT2D eigenvalue weighted by molar-refractivity contribution is -0.137. The lowest BCUT2D eigenvalue weighted by atomic mass is 9.93. The van der Waals surface area contributed by atoms with E-state index in [4.69, 9.17) is 32.9 Å². The summed E-state index contributed by atoms with van der Waals surface area (Å²) >= 11 is 12.3. The van der Waals surface area contributed by atoms with Crippen LogP contribution in [-0.4, -0.2) is 53.6 Å². The van der Waals surface area contributed by atoms with Crippen LogP contribution in [0.5, 0.6) is 5.75 Å². The number of aliphatic imine (C=N–C) groups is 1. The first-order chi connectivity index (χ1) is 18.5. The number of amidine groups is 1. The Morgan fingerprint density at radius 1 is 1.03 bits per heavy atom. The summed E-state index contributed by atoms with van der Waals surface area (Å²) in [5.41, 5.74) is 0.786. The van der Waals surface area contributed by atoms with Crippen molar-refractivity contribution in [1.29, 1.82) is 0 Å². The summed E-state index contributed by atoms with van der Waals surface area (Å²) in [5, 5.41) is 10.5. The minimum atomic E-state index is -4.59. The summed E-state index contributed by atoms with van der Waals surface area (Å²) in [6.07, 6.45) is -4.59. The molecule has 39 heavy (non-hydrogen) atoms. The molecule has 0 fully saturated rings. The molecule has 3 aromatic carbocycles. The number of hydrogen-bond donors (Lipinski definition) is 1. The van der Waals surface area contributed by atoms with Crippen molar-refractivity contribution in [2.45, 2.75) is 25.2 Å². The summed E-state index contributed by atoms with van der Waals surface area (Å²) in [7, 11) is 1.53. The highest BCUT2D eigenvalue weighted by molar-refractivity contribution is 6.30. The highest BCUT2D eigenvalue weighted by Gasteiger charge is 2.44. The molecule has 2 unspecified atom stereocenters. The van der Waals surface area contributed by atoms with Crippen LogP contribution in [-0.2, 0) is 6.18 Å². The third-order valence-electron chi connectivity index (χ3n) is 6.31. The van der Waals surface area contributed by atoms with Crippen LogP contribution in [0.1, 0.15) is 41.3 Å². The van der Waals surface area contributed by atoms with E-state index < -0.39 is 29.9 Å². The summed E-state index contributed by atoms with van der Waals surface area (Å²) < 4.78 is 46.3. The zero-order valence-corrected chi connectivity index (χ0v) is 22.6. The fourth-order valence-corrected chi connectivity index (χ4v) is 4.69. The molecule has 0 radical (unpaired) electrons. The second kappa shape index (κ2) is 11.9. The quantitative estimate of drug-likeness (QED) is 0.328. The molecule has 0 aliphatic carbocycles. The number of rotatable bonds is 7. The van der Waals surface area contributed by atoms with Gasteiger partial charge in [0.15, 0.2) is 0 Å². The fraction of sp³-hybridized carbons (Fsp3) is 0.286. The number of likely N-dealkylation sites (N-methyl/N-ethyl adjacent to an activating group) is 1. The van der Waals surface area contributed by atoms with Crippen molar-refractivity contribution in [3.05, 3.63) is 99.0 Å². The molecule has 1 aliphatic rings. The SMILES string of the molecule is CCOc1cc(C(F)(F)F)ccc1C1=NC(c2ccc(Cl)cc2)C(c2ccc(Cl)cc2)N1C(=O)N(C)CCO. The molecule has 6 nitrogen and oxygen atoms in total. The van der Waals surface area contributed by atoms with Crippen LogP contribution in [0.15, 0.2) is 71.7 Å². The maximum atomic E-state index is 13.9. The predicted octanol–water partition coefficient (Wildman–Crippen LogP) is 7.00. The standard InChI is InChI=1S/C28H26Cl2F3N3O3/c1-3-39-23-16-19(28(31,32)33)8-13-22(23)26-34-24(17-4-9-20(29)10-5-17)25(18-6-11-21(30)12-7-18)36(26)27(38)35(2)14-15-37/h4-13,16,24-25,37H,3,14-15H2,1-2H3. The molecule has 2 amide bonds. The largest absolute Gasteiger partial charge is 0.493 e. The number of urea groups is 1. The molecule has 0 aromatic heterocycles. The molecular weight excluding hydrogens is 554 g/mol. The molecule has 206 valence electrons. The molecule has 1 aliphatic heterocycles. The van der Waals surface area contributed by atoms with E-state index in [9.17, 15) is 23.1 Å². The van der Waals surface area contributed by atoms with E-state index in [0.717, 1.165) is 17.7 Å². The van der Waals surface area contributed by atoms with Gasteiger partial charge in [-0.2, -0.15) is 13.2 Å². The molecule has 2 atom stereocenters. The van der Waals surface area contributed by atoms with E-state index >= 15 is 0 Å². The van der Waals surface area contributed by atoms with E-state index in [1.807, 2.05) is 0 Å². The number of carbonyl (C=O) groups excluding carboxylic acids is 1. The van der Waals surface area contributed by atoms with Crippen LogP contribution in [0, 0.1) is 0 Å². The third kappa shape index (κ3) is 6.16. The number of aliphatic hydroxyl groups is 1. The number of carbonyl (C=O) groups is 1. The molecule has 0 spiro atoms. The van der Waals surface area contributed by atoms with Crippen molar-refractivity contribution in [2.24, 2.45) is 4.99 Å². The van der Waals surface area contributed by atoms with Crippen LogP contribution in [0.2, 0.25) is 10.0 Å². The second-order valence-electron chi connectivity index (χ2n) is 8.88. The molecule has 0 saturated heterocycles. The van der Waals surface area contributed by atoms with Gasteiger partial charge in [0, 0.05) is 23.6 Å². The Balaban J connectivity index is 1.95. The van der Waals surface area contributed by atoms with Crippen LogP contribution < -0.4 is 4.74 Å². The van der Waals surface area contributed by atoms with E-state index in [-0.39, 0.29) is 36.9 Å². The lowest BCUT2D eigenvalue weighted by Crippen LogP contribution is -2.46.